The predicted octanol–water partition coefficient (Wildman–Crippen LogP) is 3.55. The second-order valence-electron chi connectivity index (χ2n) is 5.50. The van der Waals surface area contributed by atoms with Crippen LogP contribution in [0.25, 0.3) is 0 Å². The fourth-order valence-electron chi connectivity index (χ4n) is 1.45. The third-order valence-electron chi connectivity index (χ3n) is 2.54. The summed E-state index contributed by atoms with van der Waals surface area (Å²) < 4.78 is 10.6. The molecule has 1 rings (SSSR count). The van der Waals surface area contributed by atoms with Crippen molar-refractivity contribution >= 4 is 17.7 Å². The van der Waals surface area contributed by atoms with Gasteiger partial charge in [-0.3, -0.25) is 4.79 Å². The van der Waals surface area contributed by atoms with Crippen LogP contribution < -0.4 is 0 Å². The maximum atomic E-state index is 11.3. The summed E-state index contributed by atoms with van der Waals surface area (Å²) in [6, 6.07) is 0. The highest BCUT2D eigenvalue weighted by Gasteiger charge is 2.19. The van der Waals surface area contributed by atoms with Crippen LogP contribution in [0.1, 0.15) is 52.7 Å². The Morgan fingerprint density at radius 3 is 2.74 bits per heavy atom. The van der Waals surface area contributed by atoms with Crippen LogP contribution in [0.4, 0.5) is 0 Å². The molecule has 0 spiro atoms. The third-order valence-corrected chi connectivity index (χ3v) is 3.69. The highest BCUT2D eigenvalue weighted by Crippen LogP contribution is 2.25. The van der Waals surface area contributed by atoms with Gasteiger partial charge < -0.3 is 9.15 Å². The Morgan fingerprint density at radius 1 is 1.53 bits per heavy atom. The minimum absolute atomic E-state index is 0.0214. The Hall–Kier alpha value is -0.970. The number of rotatable bonds is 6. The first-order chi connectivity index (χ1) is 8.82. The van der Waals surface area contributed by atoms with E-state index in [9.17, 15) is 4.79 Å². The van der Waals surface area contributed by atoms with Gasteiger partial charge in [0.2, 0.25) is 5.89 Å². The zero-order valence-corrected chi connectivity index (χ0v) is 13.2. The van der Waals surface area contributed by atoms with Crippen molar-refractivity contribution in [3.8, 4) is 0 Å². The molecule has 0 saturated heterocycles. The van der Waals surface area contributed by atoms with E-state index in [0.29, 0.717) is 24.7 Å². The molecule has 0 fully saturated rings. The quantitative estimate of drug-likeness (QED) is 0.748. The molecule has 1 aromatic heterocycles. The normalized spacial score (nSPS) is 13.3. The summed E-state index contributed by atoms with van der Waals surface area (Å²) >= 11 is 1.65. The lowest BCUT2D eigenvalue weighted by molar-refractivity contribution is -0.142. The van der Waals surface area contributed by atoms with Crippen molar-refractivity contribution in [3.05, 3.63) is 17.8 Å². The number of hydrogen-bond acceptors (Lipinski definition) is 5. The van der Waals surface area contributed by atoms with E-state index < -0.39 is 0 Å². The summed E-state index contributed by atoms with van der Waals surface area (Å²) in [6.45, 7) is 10.5. The summed E-state index contributed by atoms with van der Waals surface area (Å²) in [5, 5.41) is 0.198. The van der Waals surface area contributed by atoms with Gasteiger partial charge >= 0.3 is 5.97 Å². The van der Waals surface area contributed by atoms with E-state index in [1.807, 2.05) is 13.8 Å². The topological polar surface area (TPSA) is 52.3 Å². The molecule has 0 saturated carbocycles. The summed E-state index contributed by atoms with van der Waals surface area (Å²) in [5.74, 6) is 2.13. The minimum Gasteiger partial charge on any atom is -0.466 e. The monoisotopic (exact) mass is 285 g/mol. The molecule has 0 unspecified atom stereocenters. The van der Waals surface area contributed by atoms with Crippen LogP contribution >= 0.6 is 11.8 Å². The second-order valence-corrected chi connectivity index (χ2v) is 6.93. The fourth-order valence-corrected chi connectivity index (χ4v) is 2.27. The first kappa shape index (κ1) is 16.1. The number of oxazole rings is 1. The molecule has 4 nitrogen and oxygen atoms in total. The van der Waals surface area contributed by atoms with E-state index in [0.717, 1.165) is 5.76 Å². The van der Waals surface area contributed by atoms with Gasteiger partial charge in [-0.15, -0.1) is 11.8 Å². The molecular weight excluding hydrogens is 262 g/mol. The number of nitrogens with zero attached hydrogens (tertiary/aromatic N) is 1. The molecule has 1 atom stereocenters. The third kappa shape index (κ3) is 5.68. The molecule has 0 amide bonds. The van der Waals surface area contributed by atoms with Crippen molar-refractivity contribution in [2.75, 3.05) is 6.61 Å². The lowest BCUT2D eigenvalue weighted by atomic mass is 9.94. The number of ether oxygens (including phenoxy) is 1. The first-order valence-corrected chi connectivity index (χ1v) is 7.60. The average Bonchev–Trinajstić information content (AvgIpc) is 2.74. The maximum Gasteiger partial charge on any atom is 0.306 e. The zero-order valence-electron chi connectivity index (χ0n) is 12.4. The maximum absolute atomic E-state index is 11.3. The van der Waals surface area contributed by atoms with E-state index >= 15 is 0 Å². The molecule has 0 bridgehead atoms. The molecule has 0 N–H and O–H groups in total. The second kappa shape index (κ2) is 6.98. The fraction of sp³-hybridized carbons (Fsp3) is 0.714. The summed E-state index contributed by atoms with van der Waals surface area (Å²) in [4.78, 5) is 15.6. The zero-order chi connectivity index (χ0) is 14.5. The van der Waals surface area contributed by atoms with Gasteiger partial charge in [-0.25, -0.2) is 4.98 Å². The van der Waals surface area contributed by atoms with Crippen LogP contribution in [0, 0.1) is 0 Å². The average molecular weight is 285 g/mol. The Bertz CT molecular complexity index is 409. The highest BCUT2D eigenvalue weighted by molar-refractivity contribution is 7.99. The summed E-state index contributed by atoms with van der Waals surface area (Å²) in [6.07, 6.45) is 2.21. The lowest BCUT2D eigenvalue weighted by Crippen LogP contribution is -2.10. The summed E-state index contributed by atoms with van der Waals surface area (Å²) in [7, 11) is 0. The molecule has 1 heterocycles. The van der Waals surface area contributed by atoms with Crippen LogP contribution in [0.5, 0.6) is 0 Å². The van der Waals surface area contributed by atoms with Crippen molar-refractivity contribution in [2.24, 2.45) is 0 Å². The lowest BCUT2D eigenvalue weighted by Gasteiger charge is -2.13. The van der Waals surface area contributed by atoms with Gasteiger partial charge in [0.15, 0.2) is 0 Å². The predicted molar refractivity (Wildman–Crippen MR) is 77.2 cm³/mol. The number of aromatic nitrogens is 1. The molecule has 0 aliphatic carbocycles. The van der Waals surface area contributed by atoms with E-state index in [4.69, 9.17) is 9.15 Å². The van der Waals surface area contributed by atoms with Crippen LogP contribution in [-0.2, 0) is 20.7 Å². The number of esters is 1. The SMILES string of the molecule is CCOC(=O)C[C@H](C)SCc1ncc(C(C)(C)C)o1. The molecular formula is C14H23NO3S. The Labute approximate surface area is 119 Å². The van der Waals surface area contributed by atoms with E-state index in [1.54, 1.807) is 18.0 Å². The van der Waals surface area contributed by atoms with E-state index in [-0.39, 0.29) is 16.6 Å². The van der Waals surface area contributed by atoms with Crippen LogP contribution in [0.3, 0.4) is 0 Å². The van der Waals surface area contributed by atoms with Crippen molar-refractivity contribution in [2.45, 2.75) is 57.5 Å². The highest BCUT2D eigenvalue weighted by atomic mass is 32.2. The molecule has 0 radical (unpaired) electrons. The van der Waals surface area contributed by atoms with Gasteiger partial charge in [0.1, 0.15) is 5.76 Å². The molecule has 19 heavy (non-hydrogen) atoms. The van der Waals surface area contributed by atoms with Crippen LogP contribution in [0.2, 0.25) is 0 Å². The number of thioether (sulfide) groups is 1. The first-order valence-electron chi connectivity index (χ1n) is 6.55. The van der Waals surface area contributed by atoms with Gasteiger partial charge in [0.25, 0.3) is 0 Å². The van der Waals surface area contributed by atoms with Crippen LogP contribution in [0.15, 0.2) is 10.6 Å². The van der Waals surface area contributed by atoms with Gasteiger partial charge in [-0.2, -0.15) is 0 Å². The van der Waals surface area contributed by atoms with E-state index in [2.05, 4.69) is 25.8 Å². The Kier molecular flexibility index (Phi) is 5.91. The minimum atomic E-state index is -0.148. The Balaban J connectivity index is 2.40. The van der Waals surface area contributed by atoms with Gasteiger partial charge in [0, 0.05) is 10.7 Å². The van der Waals surface area contributed by atoms with Crippen molar-refractivity contribution in [1.29, 1.82) is 0 Å². The molecule has 5 heteroatoms. The smallest absolute Gasteiger partial charge is 0.306 e. The molecule has 0 aliphatic rings. The van der Waals surface area contributed by atoms with Gasteiger partial charge in [0.05, 0.1) is 25.0 Å². The van der Waals surface area contributed by atoms with Crippen molar-refractivity contribution < 1.29 is 13.9 Å². The molecule has 0 aliphatic heterocycles. The standard InChI is InChI=1S/C14H23NO3S/c1-6-17-13(16)7-10(2)19-9-12-15-8-11(18-12)14(3,4)5/h8,10H,6-7,9H2,1-5H3/t10-/m0/s1. The number of hydrogen-bond donors (Lipinski definition) is 0. The van der Waals surface area contributed by atoms with Crippen LogP contribution in [-0.4, -0.2) is 22.8 Å². The van der Waals surface area contributed by atoms with Gasteiger partial charge in [-0.1, -0.05) is 27.7 Å². The Morgan fingerprint density at radius 2 is 2.21 bits per heavy atom. The number of carbonyl (C=O) groups excluding carboxylic acids is 1. The van der Waals surface area contributed by atoms with Crippen molar-refractivity contribution in [1.82, 2.24) is 4.98 Å². The van der Waals surface area contributed by atoms with Gasteiger partial charge in [-0.05, 0) is 6.92 Å². The molecule has 0 aromatic carbocycles. The largest absolute Gasteiger partial charge is 0.466 e. The molecule has 108 valence electrons. The van der Waals surface area contributed by atoms with E-state index in [1.165, 1.54) is 0 Å². The summed E-state index contributed by atoms with van der Waals surface area (Å²) in [5.41, 5.74) is -0.0214. The molecule has 1 aromatic rings. The van der Waals surface area contributed by atoms with Crippen molar-refractivity contribution in [3.63, 3.8) is 0 Å². The number of carbonyl (C=O) groups is 1.